The minimum Gasteiger partial charge on any atom is -0.493 e. The largest absolute Gasteiger partial charge is 0.493 e. The molecule has 0 radical (unpaired) electrons. The molecule has 0 unspecified atom stereocenters. The fourth-order valence-corrected chi connectivity index (χ4v) is 7.17. The highest BCUT2D eigenvalue weighted by atomic mass is 32.2. The SMILES string of the molecule is COC(=O)Nc1ccc(S(=O)(=O)C(C)C)c([C@H]2CCCN2C(=O)[C@H](Nc2ccc3c(c2)C(=O)NC3)c2ccc(OC)c(OC)c2)c1. The number of nitrogens with zero attached hydrogens (tertiary/aromatic N) is 1. The monoisotopic (exact) mass is 650 g/mol. The predicted octanol–water partition coefficient (Wildman–Crippen LogP) is 4.82. The van der Waals surface area contributed by atoms with Gasteiger partial charge in [0.15, 0.2) is 21.3 Å². The first-order chi connectivity index (χ1) is 22.0. The number of anilines is 2. The van der Waals surface area contributed by atoms with E-state index in [2.05, 4.69) is 16.0 Å². The highest BCUT2D eigenvalue weighted by Crippen LogP contribution is 2.41. The number of carbonyl (C=O) groups is 3. The Morgan fingerprint density at radius 2 is 1.70 bits per heavy atom. The van der Waals surface area contributed by atoms with Gasteiger partial charge in [-0.05, 0) is 85.8 Å². The Hall–Kier alpha value is -4.78. The van der Waals surface area contributed by atoms with Crippen molar-refractivity contribution in [2.24, 2.45) is 0 Å². The topological polar surface area (TPSA) is 152 Å². The average molecular weight is 651 g/mol. The molecule has 0 aliphatic carbocycles. The molecule has 244 valence electrons. The number of amides is 3. The highest BCUT2D eigenvalue weighted by Gasteiger charge is 2.38. The third-order valence-corrected chi connectivity index (χ3v) is 10.6. The zero-order valence-electron chi connectivity index (χ0n) is 26.4. The Morgan fingerprint density at radius 3 is 2.39 bits per heavy atom. The van der Waals surface area contributed by atoms with Crippen LogP contribution in [0.3, 0.4) is 0 Å². The summed E-state index contributed by atoms with van der Waals surface area (Å²) in [6, 6.07) is 13.6. The zero-order chi connectivity index (χ0) is 33.2. The van der Waals surface area contributed by atoms with E-state index in [1.807, 2.05) is 12.1 Å². The maximum absolute atomic E-state index is 14.7. The quantitative estimate of drug-likeness (QED) is 0.280. The van der Waals surface area contributed by atoms with E-state index in [1.165, 1.54) is 33.5 Å². The molecule has 0 saturated carbocycles. The van der Waals surface area contributed by atoms with Crippen molar-refractivity contribution in [3.8, 4) is 11.5 Å². The summed E-state index contributed by atoms with van der Waals surface area (Å²) in [7, 11) is 0.507. The normalized spacial score (nSPS) is 16.4. The number of rotatable bonds is 10. The van der Waals surface area contributed by atoms with Gasteiger partial charge in [-0.3, -0.25) is 14.9 Å². The van der Waals surface area contributed by atoms with E-state index >= 15 is 0 Å². The summed E-state index contributed by atoms with van der Waals surface area (Å²) in [6.45, 7) is 4.02. The van der Waals surface area contributed by atoms with E-state index < -0.39 is 33.3 Å². The van der Waals surface area contributed by atoms with Crippen LogP contribution in [0.15, 0.2) is 59.5 Å². The van der Waals surface area contributed by atoms with E-state index in [1.54, 1.807) is 49.1 Å². The Bertz CT molecular complexity index is 1780. The van der Waals surface area contributed by atoms with Gasteiger partial charge >= 0.3 is 6.09 Å². The summed E-state index contributed by atoms with van der Waals surface area (Å²) in [6.07, 6.45) is 0.431. The highest BCUT2D eigenvalue weighted by molar-refractivity contribution is 7.92. The van der Waals surface area contributed by atoms with E-state index in [-0.39, 0.29) is 16.7 Å². The minimum atomic E-state index is -3.76. The molecule has 3 aromatic carbocycles. The number of hydrogen-bond acceptors (Lipinski definition) is 9. The molecule has 1 saturated heterocycles. The van der Waals surface area contributed by atoms with Gasteiger partial charge in [0.25, 0.3) is 5.91 Å². The minimum absolute atomic E-state index is 0.0999. The number of likely N-dealkylation sites (tertiary alicyclic amines) is 1. The zero-order valence-corrected chi connectivity index (χ0v) is 27.2. The van der Waals surface area contributed by atoms with Crippen LogP contribution in [0.4, 0.5) is 16.2 Å². The Labute approximate surface area is 268 Å². The van der Waals surface area contributed by atoms with Gasteiger partial charge in [0.1, 0.15) is 6.04 Å². The lowest BCUT2D eigenvalue weighted by Gasteiger charge is -2.32. The molecule has 2 atom stereocenters. The number of nitrogens with one attached hydrogen (secondary N) is 3. The number of carbonyl (C=O) groups excluding carboxylic acids is 3. The van der Waals surface area contributed by atoms with Gasteiger partial charge in [-0.2, -0.15) is 0 Å². The van der Waals surface area contributed by atoms with Crippen molar-refractivity contribution in [3.63, 3.8) is 0 Å². The lowest BCUT2D eigenvalue weighted by molar-refractivity contribution is -0.133. The molecule has 0 bridgehead atoms. The molecule has 46 heavy (non-hydrogen) atoms. The Kier molecular flexibility index (Phi) is 9.42. The number of ether oxygens (including phenoxy) is 3. The summed E-state index contributed by atoms with van der Waals surface area (Å²) in [5.41, 5.74) is 3.29. The Morgan fingerprint density at radius 1 is 0.957 bits per heavy atom. The van der Waals surface area contributed by atoms with Crippen LogP contribution in [-0.4, -0.2) is 64.3 Å². The van der Waals surface area contributed by atoms with Crippen molar-refractivity contribution >= 4 is 39.1 Å². The second kappa shape index (κ2) is 13.3. The molecule has 12 nitrogen and oxygen atoms in total. The van der Waals surface area contributed by atoms with Crippen molar-refractivity contribution in [2.45, 2.75) is 55.5 Å². The van der Waals surface area contributed by atoms with Crippen LogP contribution in [0, 0.1) is 0 Å². The number of sulfone groups is 1. The van der Waals surface area contributed by atoms with Gasteiger partial charge in [-0.15, -0.1) is 0 Å². The third-order valence-electron chi connectivity index (χ3n) is 8.36. The van der Waals surface area contributed by atoms with Gasteiger partial charge in [0, 0.05) is 30.0 Å². The van der Waals surface area contributed by atoms with Crippen molar-refractivity contribution in [2.75, 3.05) is 38.5 Å². The maximum Gasteiger partial charge on any atom is 0.411 e. The van der Waals surface area contributed by atoms with Gasteiger partial charge in [-0.1, -0.05) is 12.1 Å². The van der Waals surface area contributed by atoms with Crippen LogP contribution < -0.4 is 25.4 Å². The van der Waals surface area contributed by atoms with Gasteiger partial charge in [0.2, 0.25) is 5.91 Å². The molecule has 0 spiro atoms. The molecular weight excluding hydrogens is 612 g/mol. The van der Waals surface area contributed by atoms with Crippen LogP contribution in [0.1, 0.15) is 65.8 Å². The lowest BCUT2D eigenvalue weighted by atomic mass is 10.00. The van der Waals surface area contributed by atoms with Crippen molar-refractivity contribution in [1.29, 1.82) is 0 Å². The molecule has 2 aliphatic rings. The molecular formula is C33H38N4O8S. The first-order valence-electron chi connectivity index (χ1n) is 14.9. The molecule has 2 heterocycles. The van der Waals surface area contributed by atoms with Gasteiger partial charge < -0.3 is 29.7 Å². The Balaban J connectivity index is 1.59. The van der Waals surface area contributed by atoms with Crippen LogP contribution in [-0.2, 0) is 25.9 Å². The van der Waals surface area contributed by atoms with Crippen LogP contribution in [0.2, 0.25) is 0 Å². The van der Waals surface area contributed by atoms with Gasteiger partial charge in [-0.25, -0.2) is 13.2 Å². The van der Waals surface area contributed by atoms with Crippen molar-refractivity contribution < 1.29 is 37.0 Å². The fourth-order valence-electron chi connectivity index (χ4n) is 5.88. The first kappa shape index (κ1) is 32.6. The lowest BCUT2D eigenvalue weighted by Crippen LogP contribution is -2.38. The standard InChI is InChI=1S/C33H38N4O8S/c1-19(2)46(41,42)29-13-11-23(36-33(40)45-5)17-25(29)26-7-6-14-37(26)32(39)30(20-9-12-27(43-3)28(15-20)44-4)35-22-10-8-21-18-34-31(38)24(21)16-22/h8-13,15-17,19,26,30,35H,6-7,14,18H2,1-5H3,(H,34,38)(H,36,40)/t26-,30-/m1/s1. The van der Waals surface area contributed by atoms with E-state index in [0.29, 0.717) is 65.5 Å². The fraction of sp³-hybridized carbons (Fsp3) is 0.364. The second-order valence-electron chi connectivity index (χ2n) is 11.4. The van der Waals surface area contributed by atoms with Crippen LogP contribution >= 0.6 is 0 Å². The van der Waals surface area contributed by atoms with Gasteiger partial charge in [0.05, 0.1) is 37.5 Å². The maximum atomic E-state index is 14.7. The summed E-state index contributed by atoms with van der Waals surface area (Å²) < 4.78 is 42.8. The molecule has 5 rings (SSSR count). The van der Waals surface area contributed by atoms with Crippen molar-refractivity contribution in [3.05, 3.63) is 76.9 Å². The molecule has 3 aromatic rings. The smallest absolute Gasteiger partial charge is 0.411 e. The molecule has 2 aliphatic heterocycles. The number of hydrogen-bond donors (Lipinski definition) is 3. The van der Waals surface area contributed by atoms with E-state index in [9.17, 15) is 22.8 Å². The number of benzene rings is 3. The van der Waals surface area contributed by atoms with Crippen LogP contribution in [0.5, 0.6) is 11.5 Å². The molecule has 1 fully saturated rings. The summed E-state index contributed by atoms with van der Waals surface area (Å²) >= 11 is 0. The second-order valence-corrected chi connectivity index (χ2v) is 13.9. The summed E-state index contributed by atoms with van der Waals surface area (Å²) in [5.74, 6) is 0.424. The summed E-state index contributed by atoms with van der Waals surface area (Å²) in [4.78, 5) is 40.9. The number of fused-ring (bicyclic) bond motifs is 1. The molecule has 3 amide bonds. The third kappa shape index (κ3) is 6.32. The molecule has 0 aromatic heterocycles. The van der Waals surface area contributed by atoms with Crippen LogP contribution in [0.25, 0.3) is 0 Å². The number of methoxy groups -OCH3 is 3. The average Bonchev–Trinajstić information content (AvgIpc) is 3.69. The predicted molar refractivity (Wildman–Crippen MR) is 172 cm³/mol. The van der Waals surface area contributed by atoms with Crippen molar-refractivity contribution in [1.82, 2.24) is 10.2 Å². The molecule has 3 N–H and O–H groups in total. The van der Waals surface area contributed by atoms with E-state index in [0.717, 1.165) is 5.56 Å². The van der Waals surface area contributed by atoms with E-state index in [4.69, 9.17) is 14.2 Å². The first-order valence-corrected chi connectivity index (χ1v) is 16.5. The molecule has 13 heteroatoms. The summed E-state index contributed by atoms with van der Waals surface area (Å²) in [5, 5.41) is 8.03.